The van der Waals surface area contributed by atoms with E-state index in [1.807, 2.05) is 49.5 Å². The Morgan fingerprint density at radius 3 is 2.38 bits per heavy atom. The Balaban J connectivity index is 1.81. The van der Waals surface area contributed by atoms with Gasteiger partial charge in [-0.3, -0.25) is 0 Å². The standard InChI is InChI=1S/C17H20BrNO2/c1-19-13-17(14-7-9-15(18)10-8-14)21-12-11-20-16-5-3-2-4-6-16/h2-10,17,19H,11-13H2,1H3. The van der Waals surface area contributed by atoms with Crippen LogP contribution < -0.4 is 10.1 Å². The van der Waals surface area contributed by atoms with Crippen molar-refractivity contribution in [1.82, 2.24) is 5.32 Å². The van der Waals surface area contributed by atoms with E-state index in [1.165, 1.54) is 0 Å². The third-order valence-electron chi connectivity index (χ3n) is 3.05. The minimum Gasteiger partial charge on any atom is -0.491 e. The monoisotopic (exact) mass is 349 g/mol. The molecule has 3 nitrogen and oxygen atoms in total. The summed E-state index contributed by atoms with van der Waals surface area (Å²) in [5.41, 5.74) is 1.16. The summed E-state index contributed by atoms with van der Waals surface area (Å²) >= 11 is 3.45. The SMILES string of the molecule is CNCC(OCCOc1ccccc1)c1ccc(Br)cc1. The average Bonchev–Trinajstić information content (AvgIpc) is 2.52. The summed E-state index contributed by atoms with van der Waals surface area (Å²) in [5, 5.41) is 3.16. The van der Waals surface area contributed by atoms with E-state index in [-0.39, 0.29) is 6.10 Å². The van der Waals surface area contributed by atoms with Crippen molar-refractivity contribution < 1.29 is 9.47 Å². The molecule has 1 unspecified atom stereocenters. The number of benzene rings is 2. The molecule has 2 aromatic rings. The molecule has 1 atom stereocenters. The molecule has 0 aliphatic heterocycles. The normalized spacial score (nSPS) is 12.1. The van der Waals surface area contributed by atoms with Crippen LogP contribution in [0.2, 0.25) is 0 Å². The van der Waals surface area contributed by atoms with E-state index in [2.05, 4.69) is 33.4 Å². The van der Waals surface area contributed by atoms with Crippen LogP contribution in [0.15, 0.2) is 59.1 Å². The fraction of sp³-hybridized carbons (Fsp3) is 0.294. The molecule has 21 heavy (non-hydrogen) atoms. The highest BCUT2D eigenvalue weighted by molar-refractivity contribution is 9.10. The van der Waals surface area contributed by atoms with Crippen molar-refractivity contribution in [3.63, 3.8) is 0 Å². The van der Waals surface area contributed by atoms with Crippen LogP contribution in [0.25, 0.3) is 0 Å². The molecule has 0 aliphatic rings. The Labute approximate surface area is 134 Å². The Hall–Kier alpha value is -1.36. The molecule has 2 aromatic carbocycles. The number of nitrogens with one attached hydrogen (secondary N) is 1. The van der Waals surface area contributed by atoms with Crippen LogP contribution in [-0.2, 0) is 4.74 Å². The predicted octanol–water partition coefficient (Wildman–Crippen LogP) is 3.81. The van der Waals surface area contributed by atoms with Crippen molar-refractivity contribution in [1.29, 1.82) is 0 Å². The van der Waals surface area contributed by atoms with Crippen molar-refractivity contribution in [2.75, 3.05) is 26.8 Å². The first-order valence-electron chi connectivity index (χ1n) is 6.99. The smallest absolute Gasteiger partial charge is 0.119 e. The molecule has 0 amide bonds. The number of hydrogen-bond acceptors (Lipinski definition) is 3. The van der Waals surface area contributed by atoms with Crippen molar-refractivity contribution in [3.05, 3.63) is 64.6 Å². The first kappa shape index (κ1) is 16.0. The van der Waals surface area contributed by atoms with Crippen LogP contribution in [0.3, 0.4) is 0 Å². The van der Waals surface area contributed by atoms with Crippen molar-refractivity contribution >= 4 is 15.9 Å². The molecule has 0 fully saturated rings. The lowest BCUT2D eigenvalue weighted by atomic mass is 10.1. The maximum Gasteiger partial charge on any atom is 0.119 e. The van der Waals surface area contributed by atoms with Crippen molar-refractivity contribution in [3.8, 4) is 5.75 Å². The van der Waals surface area contributed by atoms with Crippen LogP contribution in [0.4, 0.5) is 0 Å². The molecule has 0 spiro atoms. The van der Waals surface area contributed by atoms with E-state index in [4.69, 9.17) is 9.47 Å². The number of halogens is 1. The van der Waals surface area contributed by atoms with Crippen LogP contribution >= 0.6 is 15.9 Å². The van der Waals surface area contributed by atoms with Gasteiger partial charge in [-0.1, -0.05) is 46.3 Å². The summed E-state index contributed by atoms with van der Waals surface area (Å²) in [4.78, 5) is 0. The lowest BCUT2D eigenvalue weighted by Gasteiger charge is -2.18. The Kier molecular flexibility index (Phi) is 6.73. The number of likely N-dealkylation sites (N-methyl/N-ethyl adjacent to an activating group) is 1. The molecule has 0 heterocycles. The topological polar surface area (TPSA) is 30.5 Å². The average molecular weight is 350 g/mol. The molecule has 0 aliphatic carbocycles. The zero-order valence-electron chi connectivity index (χ0n) is 12.1. The fourth-order valence-electron chi connectivity index (χ4n) is 2.00. The van der Waals surface area contributed by atoms with Gasteiger partial charge in [0.2, 0.25) is 0 Å². The summed E-state index contributed by atoms with van der Waals surface area (Å²) in [6.45, 7) is 1.87. The molecule has 0 saturated carbocycles. The minimum atomic E-state index is 0.0301. The van der Waals surface area contributed by atoms with Crippen molar-refractivity contribution in [2.45, 2.75) is 6.10 Å². The molecular weight excluding hydrogens is 330 g/mol. The van der Waals surface area contributed by atoms with Crippen LogP contribution in [0.5, 0.6) is 5.75 Å². The van der Waals surface area contributed by atoms with Gasteiger partial charge in [-0.2, -0.15) is 0 Å². The second-order valence-electron chi connectivity index (χ2n) is 4.63. The summed E-state index contributed by atoms with van der Waals surface area (Å²) in [6.07, 6.45) is 0.0301. The summed E-state index contributed by atoms with van der Waals surface area (Å²) < 4.78 is 12.6. The molecule has 0 aromatic heterocycles. The van der Waals surface area contributed by atoms with Gasteiger partial charge in [0, 0.05) is 11.0 Å². The highest BCUT2D eigenvalue weighted by atomic mass is 79.9. The molecule has 0 radical (unpaired) electrons. The number of hydrogen-bond donors (Lipinski definition) is 1. The zero-order valence-corrected chi connectivity index (χ0v) is 13.7. The van der Waals surface area contributed by atoms with Gasteiger partial charge in [-0.05, 0) is 36.9 Å². The second-order valence-corrected chi connectivity index (χ2v) is 5.55. The summed E-state index contributed by atoms with van der Waals surface area (Å²) in [7, 11) is 1.93. The van der Waals surface area contributed by atoms with E-state index in [1.54, 1.807) is 0 Å². The fourth-order valence-corrected chi connectivity index (χ4v) is 2.27. The Morgan fingerprint density at radius 2 is 1.71 bits per heavy atom. The molecule has 1 N–H and O–H groups in total. The summed E-state index contributed by atoms with van der Waals surface area (Å²) in [5.74, 6) is 0.870. The molecule has 0 bridgehead atoms. The Morgan fingerprint density at radius 1 is 1.00 bits per heavy atom. The van der Waals surface area contributed by atoms with E-state index in [9.17, 15) is 0 Å². The first-order valence-corrected chi connectivity index (χ1v) is 7.78. The number of rotatable bonds is 8. The third-order valence-corrected chi connectivity index (χ3v) is 3.57. The van der Waals surface area contributed by atoms with Gasteiger partial charge in [-0.15, -0.1) is 0 Å². The van der Waals surface area contributed by atoms with Crippen LogP contribution in [-0.4, -0.2) is 26.8 Å². The maximum atomic E-state index is 5.93. The van der Waals surface area contributed by atoms with Gasteiger partial charge in [0.05, 0.1) is 12.7 Å². The van der Waals surface area contributed by atoms with Crippen LogP contribution in [0.1, 0.15) is 11.7 Å². The zero-order chi connectivity index (χ0) is 14.9. The largest absolute Gasteiger partial charge is 0.491 e. The second kappa shape index (κ2) is 8.82. The number of ether oxygens (including phenoxy) is 2. The quantitative estimate of drug-likeness (QED) is 0.735. The van der Waals surface area contributed by atoms with Gasteiger partial charge < -0.3 is 14.8 Å². The molecular formula is C17H20BrNO2. The first-order chi connectivity index (χ1) is 10.3. The molecule has 112 valence electrons. The predicted molar refractivity (Wildman–Crippen MR) is 88.7 cm³/mol. The van der Waals surface area contributed by atoms with Gasteiger partial charge in [0.15, 0.2) is 0 Å². The van der Waals surface area contributed by atoms with E-state index >= 15 is 0 Å². The lowest BCUT2D eigenvalue weighted by Crippen LogP contribution is -2.21. The van der Waals surface area contributed by atoms with Gasteiger partial charge in [0.1, 0.15) is 12.4 Å². The third kappa shape index (κ3) is 5.50. The van der Waals surface area contributed by atoms with Gasteiger partial charge in [-0.25, -0.2) is 0 Å². The molecule has 2 rings (SSSR count). The van der Waals surface area contributed by atoms with E-state index in [0.29, 0.717) is 13.2 Å². The highest BCUT2D eigenvalue weighted by Crippen LogP contribution is 2.19. The maximum absolute atomic E-state index is 5.93. The lowest BCUT2D eigenvalue weighted by molar-refractivity contribution is 0.0341. The Bertz CT molecular complexity index is 516. The van der Waals surface area contributed by atoms with E-state index in [0.717, 1.165) is 22.3 Å². The van der Waals surface area contributed by atoms with E-state index < -0.39 is 0 Å². The van der Waals surface area contributed by atoms with Gasteiger partial charge in [0.25, 0.3) is 0 Å². The highest BCUT2D eigenvalue weighted by Gasteiger charge is 2.10. The van der Waals surface area contributed by atoms with Crippen molar-refractivity contribution in [2.24, 2.45) is 0 Å². The molecule has 4 heteroatoms. The van der Waals surface area contributed by atoms with Crippen LogP contribution in [0, 0.1) is 0 Å². The summed E-state index contributed by atoms with van der Waals surface area (Å²) in [6, 6.07) is 18.0. The molecule has 0 saturated heterocycles. The minimum absolute atomic E-state index is 0.0301. The number of para-hydroxylation sites is 1. The van der Waals surface area contributed by atoms with Gasteiger partial charge >= 0.3 is 0 Å².